The lowest BCUT2D eigenvalue weighted by atomic mass is 10.1. The summed E-state index contributed by atoms with van der Waals surface area (Å²) in [6, 6.07) is 16.3. The van der Waals surface area contributed by atoms with Gasteiger partial charge in [-0.2, -0.15) is 0 Å². The van der Waals surface area contributed by atoms with Gasteiger partial charge >= 0.3 is 6.03 Å². The van der Waals surface area contributed by atoms with Gasteiger partial charge < -0.3 is 9.47 Å². The smallest absolute Gasteiger partial charge is 0.335 e. The Balaban J connectivity index is 1.62. The van der Waals surface area contributed by atoms with Crippen LogP contribution in [-0.2, 0) is 16.2 Å². The molecule has 4 amide bonds. The number of imide groups is 2. The molecule has 36 heavy (non-hydrogen) atoms. The van der Waals surface area contributed by atoms with Crippen LogP contribution in [0.1, 0.15) is 11.1 Å². The van der Waals surface area contributed by atoms with Crippen molar-refractivity contribution in [3.63, 3.8) is 0 Å². The maximum atomic E-state index is 13.2. The summed E-state index contributed by atoms with van der Waals surface area (Å²) in [5.41, 5.74) is 1.06. The molecule has 0 bridgehead atoms. The first-order valence-corrected chi connectivity index (χ1v) is 11.3. The monoisotopic (exact) mass is 551 g/mol. The predicted molar refractivity (Wildman–Crippen MR) is 134 cm³/mol. The molecule has 10 nitrogen and oxygen atoms in total. The van der Waals surface area contributed by atoms with E-state index in [2.05, 4.69) is 21.2 Å². The highest BCUT2D eigenvalue weighted by molar-refractivity contribution is 9.10. The molecule has 1 N–H and O–H groups in total. The number of nitro groups is 1. The number of benzene rings is 3. The van der Waals surface area contributed by atoms with Crippen molar-refractivity contribution in [2.45, 2.75) is 6.61 Å². The zero-order valence-electron chi connectivity index (χ0n) is 18.8. The van der Waals surface area contributed by atoms with E-state index in [1.54, 1.807) is 42.5 Å². The molecule has 0 spiro atoms. The Hall–Kier alpha value is -4.51. The number of anilines is 1. The van der Waals surface area contributed by atoms with Crippen molar-refractivity contribution in [2.75, 3.05) is 12.0 Å². The number of amides is 4. The van der Waals surface area contributed by atoms with E-state index in [0.29, 0.717) is 27.1 Å². The second-order valence-corrected chi connectivity index (χ2v) is 8.47. The zero-order chi connectivity index (χ0) is 25.8. The number of carbonyl (C=O) groups excluding carboxylic acids is 3. The number of halogens is 1. The quantitative estimate of drug-likeness (QED) is 0.196. The third-order valence-corrected chi connectivity index (χ3v) is 5.74. The lowest BCUT2D eigenvalue weighted by Gasteiger charge is -2.26. The Morgan fingerprint density at radius 2 is 1.72 bits per heavy atom. The molecule has 3 aromatic rings. The molecule has 0 atom stereocenters. The Morgan fingerprint density at radius 3 is 2.36 bits per heavy atom. The first kappa shape index (κ1) is 24.6. The predicted octanol–water partition coefficient (Wildman–Crippen LogP) is 4.61. The van der Waals surface area contributed by atoms with E-state index in [9.17, 15) is 24.5 Å². The van der Waals surface area contributed by atoms with Crippen molar-refractivity contribution in [3.05, 3.63) is 98.0 Å². The summed E-state index contributed by atoms with van der Waals surface area (Å²) in [6.07, 6.45) is 1.34. The number of nitrogens with one attached hydrogen (secondary N) is 1. The molecular formula is C25H18BrN3O7. The molecule has 1 aliphatic rings. The number of nitro benzene ring substituents is 1. The SMILES string of the molecule is COc1ccc(N2C(=O)NC(=O)/C(=C\c3cc(Br)ccc3OCc3ccc([N+](=O)[O-])cc3)C2=O)cc1. The average molecular weight is 552 g/mol. The molecule has 0 aliphatic carbocycles. The van der Waals surface area contributed by atoms with Gasteiger partial charge in [-0.3, -0.25) is 25.0 Å². The van der Waals surface area contributed by atoms with Gasteiger partial charge in [-0.05, 0) is 66.2 Å². The van der Waals surface area contributed by atoms with E-state index in [1.165, 1.54) is 37.5 Å². The molecule has 1 saturated heterocycles. The normalized spacial score (nSPS) is 14.6. The summed E-state index contributed by atoms with van der Waals surface area (Å²) >= 11 is 3.37. The van der Waals surface area contributed by atoms with Gasteiger partial charge in [0.1, 0.15) is 23.7 Å². The van der Waals surface area contributed by atoms with Crippen LogP contribution in [0.4, 0.5) is 16.2 Å². The summed E-state index contributed by atoms with van der Waals surface area (Å²) < 4.78 is 11.7. The van der Waals surface area contributed by atoms with Crippen LogP contribution in [0, 0.1) is 10.1 Å². The number of urea groups is 1. The number of nitrogens with zero attached hydrogens (tertiary/aromatic N) is 2. The molecule has 1 heterocycles. The molecule has 11 heteroatoms. The van der Waals surface area contributed by atoms with Crippen LogP contribution in [-0.4, -0.2) is 29.9 Å². The molecular weight excluding hydrogens is 534 g/mol. The number of rotatable bonds is 7. The number of methoxy groups -OCH3 is 1. The van der Waals surface area contributed by atoms with E-state index >= 15 is 0 Å². The molecule has 1 fully saturated rings. The van der Waals surface area contributed by atoms with Gasteiger partial charge in [-0.1, -0.05) is 15.9 Å². The van der Waals surface area contributed by atoms with Crippen molar-refractivity contribution in [1.82, 2.24) is 5.32 Å². The average Bonchev–Trinajstić information content (AvgIpc) is 2.86. The van der Waals surface area contributed by atoms with Crippen LogP contribution in [0.25, 0.3) is 6.08 Å². The standard InChI is InChI=1S/C25H18BrN3O7/c1-35-20-9-7-18(8-10-20)28-24(31)21(23(30)27-25(28)32)13-16-12-17(26)4-11-22(16)36-14-15-2-5-19(6-3-15)29(33)34/h2-13H,14H2,1H3,(H,27,30,32)/b21-13+. The highest BCUT2D eigenvalue weighted by Gasteiger charge is 2.37. The Bertz CT molecular complexity index is 1390. The topological polar surface area (TPSA) is 128 Å². The van der Waals surface area contributed by atoms with E-state index < -0.39 is 22.8 Å². The van der Waals surface area contributed by atoms with Crippen molar-refractivity contribution in [3.8, 4) is 11.5 Å². The van der Waals surface area contributed by atoms with Gasteiger partial charge in [0.2, 0.25) is 0 Å². The molecule has 4 rings (SSSR count). The minimum atomic E-state index is -0.865. The van der Waals surface area contributed by atoms with E-state index in [1.807, 2.05) is 0 Å². The third-order valence-electron chi connectivity index (χ3n) is 5.25. The van der Waals surface area contributed by atoms with Crippen LogP contribution >= 0.6 is 15.9 Å². The van der Waals surface area contributed by atoms with Crippen molar-refractivity contribution < 1.29 is 28.8 Å². The Labute approximate surface area is 213 Å². The lowest BCUT2D eigenvalue weighted by molar-refractivity contribution is -0.384. The molecule has 1 aliphatic heterocycles. The highest BCUT2D eigenvalue weighted by atomic mass is 79.9. The van der Waals surface area contributed by atoms with Gasteiger partial charge in [-0.25, -0.2) is 9.69 Å². The maximum Gasteiger partial charge on any atom is 0.335 e. The van der Waals surface area contributed by atoms with Crippen LogP contribution in [0.2, 0.25) is 0 Å². The van der Waals surface area contributed by atoms with Crippen molar-refractivity contribution in [1.29, 1.82) is 0 Å². The number of ether oxygens (including phenoxy) is 2. The van der Waals surface area contributed by atoms with Crippen LogP contribution in [0.5, 0.6) is 11.5 Å². The molecule has 0 radical (unpaired) electrons. The lowest BCUT2D eigenvalue weighted by Crippen LogP contribution is -2.54. The minimum absolute atomic E-state index is 0.0365. The summed E-state index contributed by atoms with van der Waals surface area (Å²) in [5.74, 6) is -0.733. The molecule has 0 saturated carbocycles. The largest absolute Gasteiger partial charge is 0.497 e. The van der Waals surface area contributed by atoms with Crippen molar-refractivity contribution in [2.24, 2.45) is 0 Å². The van der Waals surface area contributed by atoms with Crippen molar-refractivity contribution >= 4 is 51.2 Å². The first-order chi connectivity index (χ1) is 17.3. The summed E-state index contributed by atoms with van der Waals surface area (Å²) in [6.45, 7) is 0.0897. The molecule has 0 aromatic heterocycles. The second kappa shape index (κ2) is 10.4. The van der Waals surface area contributed by atoms with Crippen LogP contribution in [0.3, 0.4) is 0 Å². The fraction of sp³-hybridized carbons (Fsp3) is 0.0800. The molecule has 0 unspecified atom stereocenters. The van der Waals surface area contributed by atoms with Gasteiger partial charge in [0.25, 0.3) is 17.5 Å². The van der Waals surface area contributed by atoms with Crippen LogP contribution in [0.15, 0.2) is 76.8 Å². The number of non-ortho nitro benzene ring substituents is 1. The number of hydrogen-bond acceptors (Lipinski definition) is 7. The van der Waals surface area contributed by atoms with Gasteiger partial charge in [0.05, 0.1) is 17.7 Å². The first-order valence-electron chi connectivity index (χ1n) is 10.5. The number of hydrogen-bond donors (Lipinski definition) is 1. The highest BCUT2D eigenvalue weighted by Crippen LogP contribution is 2.29. The number of carbonyl (C=O) groups is 3. The Kier molecular flexibility index (Phi) is 7.11. The fourth-order valence-electron chi connectivity index (χ4n) is 3.42. The van der Waals surface area contributed by atoms with Gasteiger partial charge in [0, 0.05) is 22.2 Å². The third kappa shape index (κ3) is 5.26. The summed E-state index contributed by atoms with van der Waals surface area (Å²) in [4.78, 5) is 49.5. The Morgan fingerprint density at radius 1 is 1.03 bits per heavy atom. The van der Waals surface area contributed by atoms with E-state index in [4.69, 9.17) is 9.47 Å². The zero-order valence-corrected chi connectivity index (χ0v) is 20.4. The maximum absolute atomic E-state index is 13.2. The van der Waals surface area contributed by atoms with E-state index in [0.717, 1.165) is 4.90 Å². The van der Waals surface area contributed by atoms with Gasteiger partial charge in [0.15, 0.2) is 0 Å². The van der Waals surface area contributed by atoms with E-state index in [-0.39, 0.29) is 23.6 Å². The van der Waals surface area contributed by atoms with Crippen LogP contribution < -0.4 is 19.7 Å². The number of barbiturate groups is 1. The summed E-state index contributed by atoms with van der Waals surface area (Å²) in [5, 5.41) is 13.0. The minimum Gasteiger partial charge on any atom is -0.497 e. The fourth-order valence-corrected chi connectivity index (χ4v) is 3.80. The molecule has 3 aromatic carbocycles. The summed E-state index contributed by atoms with van der Waals surface area (Å²) in [7, 11) is 1.49. The molecule has 182 valence electrons. The second-order valence-electron chi connectivity index (χ2n) is 7.55. The van der Waals surface area contributed by atoms with Gasteiger partial charge in [-0.15, -0.1) is 0 Å².